The third-order valence-corrected chi connectivity index (χ3v) is 4.32. The lowest BCUT2D eigenvalue weighted by Crippen LogP contribution is -2.12. The van der Waals surface area contributed by atoms with E-state index in [2.05, 4.69) is 5.16 Å². The molecule has 1 heterocycles. The molecular formula is C16H14N2O4S. The molecule has 0 amide bonds. The zero-order chi connectivity index (χ0) is 16.4. The Kier molecular flexibility index (Phi) is 3.99. The van der Waals surface area contributed by atoms with E-state index in [0.717, 1.165) is 5.56 Å². The molecular weight excluding hydrogens is 316 g/mol. The van der Waals surface area contributed by atoms with Crippen LogP contribution in [0.25, 0.3) is 11.3 Å². The van der Waals surface area contributed by atoms with E-state index in [4.69, 9.17) is 9.66 Å². The predicted octanol–water partition coefficient (Wildman–Crippen LogP) is 2.07. The van der Waals surface area contributed by atoms with Gasteiger partial charge in [-0.2, -0.15) is 0 Å². The smallest absolute Gasteiger partial charge is 0.238 e. The maximum Gasteiger partial charge on any atom is 0.238 e. The first-order chi connectivity index (χ1) is 10.9. The summed E-state index contributed by atoms with van der Waals surface area (Å²) in [7, 11) is -3.76. The fourth-order valence-electron chi connectivity index (χ4n) is 2.17. The number of nitrogens with two attached hydrogens (primary N) is 1. The van der Waals surface area contributed by atoms with Gasteiger partial charge in [0.2, 0.25) is 10.0 Å². The minimum Gasteiger partial charge on any atom is -0.380 e. The first kappa shape index (κ1) is 15.4. The average molecular weight is 330 g/mol. The minimum absolute atomic E-state index is 0.0176. The van der Waals surface area contributed by atoms with Gasteiger partial charge in [0.15, 0.2) is 5.76 Å². The van der Waals surface area contributed by atoms with Crippen molar-refractivity contribution in [2.45, 2.75) is 11.0 Å². The van der Waals surface area contributed by atoms with Gasteiger partial charge in [0.25, 0.3) is 0 Å². The summed E-state index contributed by atoms with van der Waals surface area (Å²) in [5.74, 6) is 0.271. The Hall–Kier alpha value is -2.48. The zero-order valence-corrected chi connectivity index (χ0v) is 12.8. The minimum atomic E-state index is -3.76. The van der Waals surface area contributed by atoms with Crippen molar-refractivity contribution in [3.05, 3.63) is 72.0 Å². The number of primary sulfonamides is 1. The Balaban J connectivity index is 1.86. The second-order valence-corrected chi connectivity index (χ2v) is 6.56. The second kappa shape index (κ2) is 5.96. The third kappa shape index (κ3) is 3.31. The SMILES string of the molecule is NS(=O)(=O)c1ccc(C(O)c2cc(-c3ccccc3)no2)cc1. The molecule has 3 rings (SSSR count). The van der Waals surface area contributed by atoms with E-state index in [0.29, 0.717) is 11.3 Å². The average Bonchev–Trinajstić information content (AvgIpc) is 3.04. The van der Waals surface area contributed by atoms with E-state index in [1.165, 1.54) is 24.3 Å². The highest BCUT2D eigenvalue weighted by atomic mass is 32.2. The summed E-state index contributed by atoms with van der Waals surface area (Å²) in [5, 5.41) is 19.3. The van der Waals surface area contributed by atoms with Crippen LogP contribution in [0.1, 0.15) is 17.4 Å². The van der Waals surface area contributed by atoms with Gasteiger partial charge in [-0.1, -0.05) is 47.6 Å². The van der Waals surface area contributed by atoms with Crippen LogP contribution in [-0.4, -0.2) is 18.7 Å². The standard InChI is InChI=1S/C16H14N2O4S/c17-23(20,21)13-8-6-12(7-9-13)16(19)15-10-14(18-22-15)11-4-2-1-3-5-11/h1-10,16,19H,(H2,17,20,21). The van der Waals surface area contributed by atoms with E-state index in [-0.39, 0.29) is 10.7 Å². The molecule has 0 spiro atoms. The van der Waals surface area contributed by atoms with Gasteiger partial charge in [0, 0.05) is 11.6 Å². The first-order valence-electron chi connectivity index (χ1n) is 6.78. The van der Waals surface area contributed by atoms with E-state index < -0.39 is 16.1 Å². The molecule has 0 aliphatic rings. The van der Waals surface area contributed by atoms with Crippen LogP contribution in [0.5, 0.6) is 0 Å². The summed E-state index contributed by atoms with van der Waals surface area (Å²) in [6, 6.07) is 16.7. The third-order valence-electron chi connectivity index (χ3n) is 3.39. The quantitative estimate of drug-likeness (QED) is 0.761. The lowest BCUT2D eigenvalue weighted by Gasteiger charge is -2.07. The van der Waals surface area contributed by atoms with Crippen LogP contribution in [0.2, 0.25) is 0 Å². The van der Waals surface area contributed by atoms with Crippen LogP contribution < -0.4 is 5.14 Å². The molecule has 0 aliphatic carbocycles. The Morgan fingerprint density at radius 3 is 2.30 bits per heavy atom. The van der Waals surface area contributed by atoms with Crippen molar-refractivity contribution >= 4 is 10.0 Å². The molecule has 0 saturated carbocycles. The molecule has 0 bridgehead atoms. The van der Waals surface area contributed by atoms with Crippen LogP contribution in [0, 0.1) is 0 Å². The summed E-state index contributed by atoms with van der Waals surface area (Å²) < 4.78 is 27.7. The number of aromatic nitrogens is 1. The lowest BCUT2D eigenvalue weighted by molar-refractivity contribution is 0.176. The van der Waals surface area contributed by atoms with Gasteiger partial charge in [-0.25, -0.2) is 13.6 Å². The van der Waals surface area contributed by atoms with E-state index in [1.807, 2.05) is 30.3 Å². The van der Waals surface area contributed by atoms with E-state index >= 15 is 0 Å². The van der Waals surface area contributed by atoms with Gasteiger partial charge in [-0.3, -0.25) is 0 Å². The Morgan fingerprint density at radius 2 is 1.70 bits per heavy atom. The molecule has 3 N–H and O–H groups in total. The summed E-state index contributed by atoms with van der Waals surface area (Å²) >= 11 is 0. The van der Waals surface area contributed by atoms with Gasteiger partial charge < -0.3 is 9.63 Å². The number of hydrogen-bond acceptors (Lipinski definition) is 5. The van der Waals surface area contributed by atoms with Crippen molar-refractivity contribution in [2.24, 2.45) is 5.14 Å². The Bertz CT molecular complexity index is 903. The van der Waals surface area contributed by atoms with Gasteiger partial charge in [0.1, 0.15) is 11.8 Å². The molecule has 1 atom stereocenters. The number of rotatable bonds is 4. The van der Waals surface area contributed by atoms with Gasteiger partial charge in [-0.15, -0.1) is 0 Å². The number of hydrogen-bond donors (Lipinski definition) is 2. The molecule has 0 fully saturated rings. The first-order valence-corrected chi connectivity index (χ1v) is 8.32. The summed E-state index contributed by atoms with van der Waals surface area (Å²) in [6.45, 7) is 0. The van der Waals surface area contributed by atoms with Crippen LogP contribution in [0.15, 0.2) is 70.1 Å². The van der Waals surface area contributed by atoms with Crippen molar-refractivity contribution in [2.75, 3.05) is 0 Å². The molecule has 23 heavy (non-hydrogen) atoms. The molecule has 2 aromatic carbocycles. The van der Waals surface area contributed by atoms with E-state index in [1.54, 1.807) is 6.07 Å². The van der Waals surface area contributed by atoms with E-state index in [9.17, 15) is 13.5 Å². The van der Waals surface area contributed by atoms with Crippen LogP contribution in [0.4, 0.5) is 0 Å². The second-order valence-electron chi connectivity index (χ2n) is 5.00. The largest absolute Gasteiger partial charge is 0.380 e. The van der Waals surface area contributed by atoms with Crippen molar-refractivity contribution in [1.82, 2.24) is 5.16 Å². The fraction of sp³-hybridized carbons (Fsp3) is 0.0625. The maximum absolute atomic E-state index is 11.2. The summed E-state index contributed by atoms with van der Waals surface area (Å²) in [5.41, 5.74) is 1.97. The highest BCUT2D eigenvalue weighted by Gasteiger charge is 2.18. The molecule has 0 radical (unpaired) electrons. The molecule has 0 aliphatic heterocycles. The molecule has 1 unspecified atom stereocenters. The monoisotopic (exact) mass is 330 g/mol. The summed E-state index contributed by atoms with van der Waals surface area (Å²) in [6.07, 6.45) is -1.05. The van der Waals surface area contributed by atoms with Crippen molar-refractivity contribution in [1.29, 1.82) is 0 Å². The summed E-state index contributed by atoms with van der Waals surface area (Å²) in [4.78, 5) is -0.0176. The Morgan fingerprint density at radius 1 is 1.04 bits per heavy atom. The number of aliphatic hydroxyl groups excluding tert-OH is 1. The number of nitrogens with zero attached hydrogens (tertiary/aromatic N) is 1. The van der Waals surface area contributed by atoms with Gasteiger partial charge >= 0.3 is 0 Å². The van der Waals surface area contributed by atoms with Crippen molar-refractivity contribution in [3.63, 3.8) is 0 Å². The van der Waals surface area contributed by atoms with Crippen LogP contribution in [0.3, 0.4) is 0 Å². The molecule has 6 nitrogen and oxygen atoms in total. The highest BCUT2D eigenvalue weighted by Crippen LogP contribution is 2.27. The molecule has 0 saturated heterocycles. The predicted molar refractivity (Wildman–Crippen MR) is 83.8 cm³/mol. The maximum atomic E-state index is 11.2. The molecule has 1 aromatic heterocycles. The lowest BCUT2D eigenvalue weighted by atomic mass is 10.1. The van der Waals surface area contributed by atoms with Crippen LogP contribution >= 0.6 is 0 Å². The normalized spacial score (nSPS) is 13.0. The zero-order valence-electron chi connectivity index (χ0n) is 12.0. The van der Waals surface area contributed by atoms with Gasteiger partial charge in [-0.05, 0) is 17.7 Å². The van der Waals surface area contributed by atoms with Crippen molar-refractivity contribution < 1.29 is 18.0 Å². The van der Waals surface area contributed by atoms with Gasteiger partial charge in [0.05, 0.1) is 4.90 Å². The molecule has 7 heteroatoms. The fourth-order valence-corrected chi connectivity index (χ4v) is 2.68. The topological polar surface area (TPSA) is 106 Å². The molecule has 118 valence electrons. The number of aliphatic hydroxyl groups is 1. The highest BCUT2D eigenvalue weighted by molar-refractivity contribution is 7.89. The van der Waals surface area contributed by atoms with Crippen molar-refractivity contribution in [3.8, 4) is 11.3 Å². The number of benzene rings is 2. The molecule has 3 aromatic rings. The Labute approximate surface area is 133 Å². The number of sulfonamides is 1. The van der Waals surface area contributed by atoms with Crippen LogP contribution in [-0.2, 0) is 10.0 Å².